The minimum absolute atomic E-state index is 0.156. The third-order valence-electron chi connectivity index (χ3n) is 3.29. The van der Waals surface area contributed by atoms with Crippen LogP contribution in [-0.2, 0) is 15.0 Å². The van der Waals surface area contributed by atoms with E-state index in [-0.39, 0.29) is 11.5 Å². The number of carbonyl (C=O) groups excluding carboxylic acids is 2. The molecular formula is C12H14N2O3. The molecule has 0 aliphatic carbocycles. The first-order chi connectivity index (χ1) is 7.95. The van der Waals surface area contributed by atoms with Crippen LogP contribution in [0.4, 0.5) is 5.69 Å². The van der Waals surface area contributed by atoms with E-state index in [1.54, 1.807) is 31.2 Å². The van der Waals surface area contributed by atoms with Crippen LogP contribution in [0.1, 0.15) is 25.3 Å². The molecule has 0 radical (unpaired) electrons. The van der Waals surface area contributed by atoms with Crippen molar-refractivity contribution in [2.24, 2.45) is 0 Å². The molecule has 5 heteroatoms. The molecule has 0 unspecified atom stereocenters. The molecule has 1 fully saturated rings. The summed E-state index contributed by atoms with van der Waals surface area (Å²) < 4.78 is 0. The number of amides is 2. The quantitative estimate of drug-likeness (QED) is 0.432. The highest BCUT2D eigenvalue weighted by Crippen LogP contribution is 2.34. The van der Waals surface area contributed by atoms with E-state index in [0.717, 1.165) is 5.56 Å². The fraction of sp³-hybridized carbons (Fsp3) is 0.333. The maximum Gasteiger partial charge on any atom is 0.263 e. The van der Waals surface area contributed by atoms with Crippen LogP contribution in [0, 0.1) is 0 Å². The highest BCUT2D eigenvalue weighted by Gasteiger charge is 2.44. The predicted molar refractivity (Wildman–Crippen MR) is 61.1 cm³/mol. The van der Waals surface area contributed by atoms with Crippen LogP contribution in [-0.4, -0.2) is 22.1 Å². The first-order valence-electron chi connectivity index (χ1n) is 5.37. The molecule has 1 heterocycles. The Morgan fingerprint density at radius 3 is 2.47 bits per heavy atom. The Labute approximate surface area is 98.8 Å². The van der Waals surface area contributed by atoms with E-state index in [1.807, 2.05) is 0 Å². The number of anilines is 1. The van der Waals surface area contributed by atoms with Crippen LogP contribution < -0.4 is 5.73 Å². The highest BCUT2D eigenvalue weighted by atomic mass is 16.5. The maximum atomic E-state index is 12.0. The molecule has 1 aliphatic heterocycles. The van der Waals surface area contributed by atoms with E-state index >= 15 is 0 Å². The van der Waals surface area contributed by atoms with Gasteiger partial charge in [0.1, 0.15) is 0 Å². The van der Waals surface area contributed by atoms with Crippen LogP contribution in [0.25, 0.3) is 0 Å². The number of hydrogen-bond acceptors (Lipinski definition) is 4. The maximum absolute atomic E-state index is 12.0. The van der Waals surface area contributed by atoms with Gasteiger partial charge >= 0.3 is 0 Å². The van der Waals surface area contributed by atoms with Crippen molar-refractivity contribution in [2.75, 3.05) is 5.73 Å². The van der Waals surface area contributed by atoms with Gasteiger partial charge in [-0.2, -0.15) is 5.06 Å². The standard InChI is InChI=1S/C12H14N2O3/c1-12(8-2-4-9(13)5-3-8)7-6-10(15)14(17)11(12)16/h2-5,17H,6-7,13H2,1H3/t12-/m0/s1. The monoisotopic (exact) mass is 234 g/mol. The summed E-state index contributed by atoms with van der Waals surface area (Å²) in [5.74, 6) is -1.14. The zero-order valence-electron chi connectivity index (χ0n) is 9.51. The predicted octanol–water partition coefficient (Wildman–Crippen LogP) is 1.06. The third-order valence-corrected chi connectivity index (χ3v) is 3.29. The zero-order valence-corrected chi connectivity index (χ0v) is 9.51. The van der Waals surface area contributed by atoms with Crippen molar-refractivity contribution in [1.82, 2.24) is 5.06 Å². The molecule has 1 atom stereocenters. The lowest BCUT2D eigenvalue weighted by Crippen LogP contribution is -2.51. The summed E-state index contributed by atoms with van der Waals surface area (Å²) >= 11 is 0. The molecule has 17 heavy (non-hydrogen) atoms. The second-order valence-electron chi connectivity index (χ2n) is 4.46. The van der Waals surface area contributed by atoms with Gasteiger partial charge in [-0.3, -0.25) is 14.8 Å². The minimum Gasteiger partial charge on any atom is -0.399 e. The molecule has 1 aromatic carbocycles. The van der Waals surface area contributed by atoms with Gasteiger partial charge in [-0.05, 0) is 31.0 Å². The zero-order chi connectivity index (χ0) is 12.6. The summed E-state index contributed by atoms with van der Waals surface area (Å²) in [6, 6.07) is 6.89. The van der Waals surface area contributed by atoms with Crippen molar-refractivity contribution < 1.29 is 14.8 Å². The van der Waals surface area contributed by atoms with Crippen LogP contribution >= 0.6 is 0 Å². The van der Waals surface area contributed by atoms with Gasteiger partial charge in [0, 0.05) is 12.1 Å². The Bertz CT molecular complexity index is 469. The number of benzene rings is 1. The van der Waals surface area contributed by atoms with Crippen molar-refractivity contribution >= 4 is 17.5 Å². The van der Waals surface area contributed by atoms with Gasteiger partial charge in [0.25, 0.3) is 11.8 Å². The number of imide groups is 1. The number of nitrogens with zero attached hydrogens (tertiary/aromatic N) is 1. The molecular weight excluding hydrogens is 220 g/mol. The average molecular weight is 234 g/mol. The van der Waals surface area contributed by atoms with Crippen molar-refractivity contribution in [2.45, 2.75) is 25.2 Å². The van der Waals surface area contributed by atoms with Gasteiger partial charge in [0.2, 0.25) is 0 Å². The number of nitrogen functional groups attached to an aromatic ring is 1. The fourth-order valence-electron chi connectivity index (χ4n) is 2.04. The molecule has 0 saturated carbocycles. The highest BCUT2D eigenvalue weighted by molar-refractivity contribution is 6.01. The molecule has 90 valence electrons. The Morgan fingerprint density at radius 1 is 1.29 bits per heavy atom. The lowest BCUT2D eigenvalue weighted by Gasteiger charge is -2.35. The summed E-state index contributed by atoms with van der Waals surface area (Å²) in [5.41, 5.74) is 6.08. The lowest BCUT2D eigenvalue weighted by atomic mass is 9.75. The third kappa shape index (κ3) is 1.78. The summed E-state index contributed by atoms with van der Waals surface area (Å²) in [5, 5.41) is 9.63. The molecule has 2 rings (SSSR count). The molecule has 5 nitrogen and oxygen atoms in total. The van der Waals surface area contributed by atoms with Crippen molar-refractivity contribution in [3.8, 4) is 0 Å². The number of nitrogens with two attached hydrogens (primary N) is 1. The second kappa shape index (κ2) is 3.85. The van der Waals surface area contributed by atoms with Gasteiger partial charge in [-0.25, -0.2) is 0 Å². The number of piperidine rings is 1. The summed E-state index contributed by atoms with van der Waals surface area (Å²) in [7, 11) is 0. The van der Waals surface area contributed by atoms with Crippen LogP contribution in [0.2, 0.25) is 0 Å². The minimum atomic E-state index is -0.865. The van der Waals surface area contributed by atoms with Crippen LogP contribution in [0.15, 0.2) is 24.3 Å². The van der Waals surface area contributed by atoms with E-state index < -0.39 is 17.2 Å². The van der Waals surface area contributed by atoms with Crippen LogP contribution in [0.5, 0.6) is 0 Å². The van der Waals surface area contributed by atoms with Crippen molar-refractivity contribution in [3.05, 3.63) is 29.8 Å². The molecule has 0 spiro atoms. The fourth-order valence-corrected chi connectivity index (χ4v) is 2.04. The molecule has 1 aliphatic rings. The Morgan fingerprint density at radius 2 is 1.88 bits per heavy atom. The van der Waals surface area contributed by atoms with E-state index in [9.17, 15) is 14.8 Å². The Kier molecular flexibility index (Phi) is 2.63. The molecule has 1 aromatic rings. The molecule has 2 amide bonds. The molecule has 3 N–H and O–H groups in total. The Balaban J connectivity index is 2.39. The van der Waals surface area contributed by atoms with E-state index in [2.05, 4.69) is 0 Å². The normalized spacial score (nSPS) is 25.2. The largest absolute Gasteiger partial charge is 0.399 e. The second-order valence-corrected chi connectivity index (χ2v) is 4.46. The number of carbonyl (C=O) groups is 2. The van der Waals surface area contributed by atoms with Gasteiger partial charge in [0.15, 0.2) is 0 Å². The summed E-state index contributed by atoms with van der Waals surface area (Å²) in [4.78, 5) is 23.2. The van der Waals surface area contributed by atoms with Gasteiger partial charge in [-0.1, -0.05) is 12.1 Å². The molecule has 0 bridgehead atoms. The number of rotatable bonds is 1. The first kappa shape index (κ1) is 11.6. The van der Waals surface area contributed by atoms with Gasteiger partial charge < -0.3 is 5.73 Å². The Hall–Kier alpha value is -1.88. The van der Waals surface area contributed by atoms with E-state index in [0.29, 0.717) is 12.1 Å². The van der Waals surface area contributed by atoms with Crippen molar-refractivity contribution in [3.63, 3.8) is 0 Å². The van der Waals surface area contributed by atoms with E-state index in [1.165, 1.54) is 0 Å². The topological polar surface area (TPSA) is 83.6 Å². The lowest BCUT2D eigenvalue weighted by molar-refractivity contribution is -0.188. The summed E-state index contributed by atoms with van der Waals surface area (Å²) in [6.07, 6.45) is 0.550. The van der Waals surface area contributed by atoms with E-state index in [4.69, 9.17) is 5.73 Å². The van der Waals surface area contributed by atoms with Crippen LogP contribution in [0.3, 0.4) is 0 Å². The summed E-state index contributed by atoms with van der Waals surface area (Å²) in [6.45, 7) is 1.72. The molecule has 0 aromatic heterocycles. The average Bonchev–Trinajstić information content (AvgIpc) is 2.33. The molecule has 1 saturated heterocycles. The van der Waals surface area contributed by atoms with Crippen molar-refractivity contribution in [1.29, 1.82) is 0 Å². The van der Waals surface area contributed by atoms with Gasteiger partial charge in [-0.15, -0.1) is 0 Å². The smallest absolute Gasteiger partial charge is 0.263 e. The number of hydroxylamine groups is 2. The van der Waals surface area contributed by atoms with Gasteiger partial charge in [0.05, 0.1) is 5.41 Å². The number of hydrogen-bond donors (Lipinski definition) is 2. The first-order valence-corrected chi connectivity index (χ1v) is 5.37. The SMILES string of the molecule is C[C@@]1(c2ccc(N)cc2)CCC(=O)N(O)C1=O.